The molecule has 1 aromatic carbocycles. The van der Waals surface area contributed by atoms with Gasteiger partial charge in [0.25, 0.3) is 0 Å². The lowest BCUT2D eigenvalue weighted by molar-refractivity contribution is 0.0697. The Balaban J connectivity index is 3.04. The number of hydrogen-bond acceptors (Lipinski definition) is 2. The number of carboxylic acid groups (broad SMARTS) is 1. The lowest BCUT2D eigenvalue weighted by atomic mass is 10.1. The van der Waals surface area contributed by atoms with Crippen molar-refractivity contribution in [2.45, 2.75) is 46.1 Å². The highest BCUT2D eigenvalue weighted by Crippen LogP contribution is 2.30. The molecule has 1 atom stereocenters. The van der Waals surface area contributed by atoms with Crippen molar-refractivity contribution in [1.29, 1.82) is 0 Å². The highest BCUT2D eigenvalue weighted by atomic mass is 79.9. The SMILES string of the molecule is CCCCN(c1ccc(C(=O)O)cc1Br)C(C)CC. The molecule has 0 bridgehead atoms. The van der Waals surface area contributed by atoms with E-state index in [0.717, 1.165) is 36.0 Å². The molecule has 0 amide bonds. The summed E-state index contributed by atoms with van der Waals surface area (Å²) in [6.45, 7) is 7.55. The zero-order valence-electron chi connectivity index (χ0n) is 11.8. The number of anilines is 1. The first-order valence-electron chi connectivity index (χ1n) is 6.80. The number of carbonyl (C=O) groups is 1. The van der Waals surface area contributed by atoms with Crippen molar-refractivity contribution in [2.24, 2.45) is 0 Å². The van der Waals surface area contributed by atoms with Gasteiger partial charge in [-0.25, -0.2) is 4.79 Å². The first kappa shape index (κ1) is 16.0. The van der Waals surface area contributed by atoms with Gasteiger partial charge in [0.2, 0.25) is 0 Å². The van der Waals surface area contributed by atoms with E-state index < -0.39 is 5.97 Å². The van der Waals surface area contributed by atoms with Crippen LogP contribution in [0.5, 0.6) is 0 Å². The number of aromatic carboxylic acids is 1. The molecule has 1 rings (SSSR count). The van der Waals surface area contributed by atoms with Crippen molar-refractivity contribution < 1.29 is 9.90 Å². The first-order chi connectivity index (χ1) is 9.01. The summed E-state index contributed by atoms with van der Waals surface area (Å²) < 4.78 is 0.851. The molecule has 0 aliphatic rings. The number of halogens is 1. The van der Waals surface area contributed by atoms with Gasteiger partial charge >= 0.3 is 5.97 Å². The Bertz CT molecular complexity index is 434. The maximum atomic E-state index is 11.0. The van der Waals surface area contributed by atoms with E-state index >= 15 is 0 Å². The van der Waals surface area contributed by atoms with Gasteiger partial charge in [0.15, 0.2) is 0 Å². The monoisotopic (exact) mass is 327 g/mol. The summed E-state index contributed by atoms with van der Waals surface area (Å²) in [4.78, 5) is 13.3. The smallest absolute Gasteiger partial charge is 0.335 e. The Labute approximate surface area is 123 Å². The minimum Gasteiger partial charge on any atom is -0.478 e. The molecule has 4 heteroatoms. The lowest BCUT2D eigenvalue weighted by Crippen LogP contribution is -2.33. The molecule has 106 valence electrons. The molecule has 19 heavy (non-hydrogen) atoms. The van der Waals surface area contributed by atoms with Crippen LogP contribution in [-0.4, -0.2) is 23.7 Å². The van der Waals surface area contributed by atoms with Gasteiger partial charge in [0, 0.05) is 17.1 Å². The third-order valence-corrected chi connectivity index (χ3v) is 4.01. The molecule has 0 fully saturated rings. The summed E-state index contributed by atoms with van der Waals surface area (Å²) in [5, 5.41) is 9.00. The Kier molecular flexibility index (Phi) is 6.35. The maximum absolute atomic E-state index is 11.0. The van der Waals surface area contributed by atoms with E-state index in [1.54, 1.807) is 12.1 Å². The molecule has 1 N–H and O–H groups in total. The summed E-state index contributed by atoms with van der Waals surface area (Å²) >= 11 is 3.50. The molecule has 1 aromatic rings. The summed E-state index contributed by atoms with van der Waals surface area (Å²) in [5.74, 6) is -0.893. The summed E-state index contributed by atoms with van der Waals surface area (Å²) in [6, 6.07) is 5.69. The topological polar surface area (TPSA) is 40.5 Å². The fourth-order valence-electron chi connectivity index (χ4n) is 2.00. The molecule has 0 spiro atoms. The second kappa shape index (κ2) is 7.53. The minimum absolute atomic E-state index is 0.315. The Morgan fingerprint density at radius 1 is 1.42 bits per heavy atom. The standard InChI is InChI=1S/C15H22BrNO2/c1-4-6-9-17(11(3)5-2)14-8-7-12(15(18)19)10-13(14)16/h7-8,10-11H,4-6,9H2,1-3H3,(H,18,19). The molecule has 1 unspecified atom stereocenters. The third kappa shape index (κ3) is 4.23. The van der Waals surface area contributed by atoms with Gasteiger partial charge in [-0.2, -0.15) is 0 Å². The van der Waals surface area contributed by atoms with Gasteiger partial charge in [-0.1, -0.05) is 20.3 Å². The predicted molar refractivity (Wildman–Crippen MR) is 83.1 cm³/mol. The molecule has 0 saturated heterocycles. The normalized spacial score (nSPS) is 12.2. The molecule has 0 heterocycles. The number of carboxylic acids is 1. The van der Waals surface area contributed by atoms with E-state index in [-0.39, 0.29) is 0 Å². The third-order valence-electron chi connectivity index (χ3n) is 3.38. The summed E-state index contributed by atoms with van der Waals surface area (Å²) in [5.41, 5.74) is 1.39. The van der Waals surface area contributed by atoms with Crippen molar-refractivity contribution in [3.05, 3.63) is 28.2 Å². The predicted octanol–water partition coefficient (Wildman–Crippen LogP) is 4.55. The van der Waals surface area contributed by atoms with Gasteiger partial charge in [-0.15, -0.1) is 0 Å². The Hall–Kier alpha value is -1.03. The fraction of sp³-hybridized carbons (Fsp3) is 0.533. The fourth-order valence-corrected chi connectivity index (χ4v) is 2.61. The Morgan fingerprint density at radius 2 is 2.11 bits per heavy atom. The molecule has 0 saturated carbocycles. The van der Waals surface area contributed by atoms with Crippen molar-refractivity contribution >= 4 is 27.6 Å². The van der Waals surface area contributed by atoms with Crippen LogP contribution in [0.4, 0.5) is 5.69 Å². The number of nitrogens with zero attached hydrogens (tertiary/aromatic N) is 1. The quantitative estimate of drug-likeness (QED) is 0.798. The van der Waals surface area contributed by atoms with Crippen molar-refractivity contribution in [3.63, 3.8) is 0 Å². The summed E-state index contributed by atoms with van der Waals surface area (Å²) in [6.07, 6.45) is 3.35. The second-order valence-corrected chi connectivity index (χ2v) is 5.63. The largest absolute Gasteiger partial charge is 0.478 e. The number of rotatable bonds is 7. The van der Waals surface area contributed by atoms with E-state index in [4.69, 9.17) is 5.11 Å². The van der Waals surface area contributed by atoms with Crippen LogP contribution >= 0.6 is 15.9 Å². The molecule has 0 aliphatic carbocycles. The van der Waals surface area contributed by atoms with Crippen molar-refractivity contribution in [2.75, 3.05) is 11.4 Å². The van der Waals surface area contributed by atoms with Gasteiger partial charge in [0.05, 0.1) is 11.3 Å². The molecule has 3 nitrogen and oxygen atoms in total. The van der Waals surface area contributed by atoms with E-state index in [0.29, 0.717) is 11.6 Å². The van der Waals surface area contributed by atoms with Crippen LogP contribution in [0, 0.1) is 0 Å². The molecular formula is C15H22BrNO2. The van der Waals surface area contributed by atoms with Crippen LogP contribution in [0.15, 0.2) is 22.7 Å². The number of benzene rings is 1. The number of unbranched alkanes of at least 4 members (excludes halogenated alkanes) is 1. The second-order valence-electron chi connectivity index (χ2n) is 4.78. The van der Waals surface area contributed by atoms with Gasteiger partial charge in [0.1, 0.15) is 0 Å². The molecule has 0 radical (unpaired) electrons. The van der Waals surface area contributed by atoms with Crippen LogP contribution in [-0.2, 0) is 0 Å². The van der Waals surface area contributed by atoms with Crippen LogP contribution in [0.3, 0.4) is 0 Å². The van der Waals surface area contributed by atoms with Crippen LogP contribution < -0.4 is 4.90 Å². The van der Waals surface area contributed by atoms with E-state index in [2.05, 4.69) is 41.6 Å². The minimum atomic E-state index is -0.893. The maximum Gasteiger partial charge on any atom is 0.335 e. The first-order valence-corrected chi connectivity index (χ1v) is 7.60. The lowest BCUT2D eigenvalue weighted by Gasteiger charge is -2.31. The zero-order chi connectivity index (χ0) is 14.4. The van der Waals surface area contributed by atoms with Crippen molar-refractivity contribution in [3.8, 4) is 0 Å². The zero-order valence-corrected chi connectivity index (χ0v) is 13.4. The van der Waals surface area contributed by atoms with Gasteiger partial charge in [-0.3, -0.25) is 0 Å². The number of hydrogen-bond donors (Lipinski definition) is 1. The highest BCUT2D eigenvalue weighted by molar-refractivity contribution is 9.10. The van der Waals surface area contributed by atoms with E-state index in [1.807, 2.05) is 6.07 Å². The average molecular weight is 328 g/mol. The van der Waals surface area contributed by atoms with E-state index in [1.165, 1.54) is 0 Å². The highest BCUT2D eigenvalue weighted by Gasteiger charge is 2.16. The van der Waals surface area contributed by atoms with Crippen LogP contribution in [0.1, 0.15) is 50.4 Å². The summed E-state index contributed by atoms with van der Waals surface area (Å²) in [7, 11) is 0. The molecule has 0 aliphatic heterocycles. The van der Waals surface area contributed by atoms with Crippen molar-refractivity contribution in [1.82, 2.24) is 0 Å². The van der Waals surface area contributed by atoms with Gasteiger partial charge < -0.3 is 10.0 Å². The molecular weight excluding hydrogens is 306 g/mol. The average Bonchev–Trinajstić information content (AvgIpc) is 2.39. The van der Waals surface area contributed by atoms with Crippen LogP contribution in [0.2, 0.25) is 0 Å². The molecule has 0 aromatic heterocycles. The van der Waals surface area contributed by atoms with E-state index in [9.17, 15) is 4.79 Å². The van der Waals surface area contributed by atoms with Gasteiger partial charge in [-0.05, 0) is 53.9 Å². The Morgan fingerprint density at radius 3 is 2.58 bits per heavy atom. The van der Waals surface area contributed by atoms with Crippen LogP contribution in [0.25, 0.3) is 0 Å².